The number of carbonyl (C=O) groups is 2. The first-order valence-electron chi connectivity index (χ1n) is 9.46. The number of rotatable bonds is 3. The van der Waals surface area contributed by atoms with Crippen LogP contribution in [0.25, 0.3) is 0 Å². The molecule has 134 valence electrons. The lowest BCUT2D eigenvalue weighted by atomic mass is 9.40. The molecule has 5 nitrogen and oxygen atoms in total. The van der Waals surface area contributed by atoms with E-state index in [0.717, 1.165) is 32.1 Å². The Morgan fingerprint density at radius 3 is 2.38 bits per heavy atom. The zero-order valence-corrected chi connectivity index (χ0v) is 15.0. The van der Waals surface area contributed by atoms with Gasteiger partial charge >= 0.3 is 12.0 Å². The molecule has 0 radical (unpaired) electrons. The lowest BCUT2D eigenvalue weighted by Gasteiger charge is -2.64. The van der Waals surface area contributed by atoms with Crippen LogP contribution >= 0.6 is 0 Å². The van der Waals surface area contributed by atoms with Gasteiger partial charge in [0.2, 0.25) is 0 Å². The van der Waals surface area contributed by atoms with E-state index >= 15 is 0 Å². The second-order valence-electron chi connectivity index (χ2n) is 9.84. The van der Waals surface area contributed by atoms with E-state index in [1.807, 2.05) is 0 Å². The molecule has 1 aliphatic heterocycles. The highest BCUT2D eigenvalue weighted by molar-refractivity contribution is 5.78. The van der Waals surface area contributed by atoms with Gasteiger partial charge < -0.3 is 15.4 Å². The lowest BCUT2D eigenvalue weighted by Crippen LogP contribution is -2.58. The van der Waals surface area contributed by atoms with E-state index in [1.165, 1.54) is 19.3 Å². The van der Waals surface area contributed by atoms with Gasteiger partial charge in [-0.05, 0) is 68.1 Å². The van der Waals surface area contributed by atoms with Crippen LogP contribution in [0, 0.1) is 22.2 Å². The van der Waals surface area contributed by atoms with Crippen molar-refractivity contribution in [3.05, 3.63) is 0 Å². The van der Waals surface area contributed by atoms with Crippen LogP contribution in [0.15, 0.2) is 0 Å². The van der Waals surface area contributed by atoms with Crippen LogP contribution in [0.1, 0.15) is 65.2 Å². The Kier molecular flexibility index (Phi) is 3.46. The van der Waals surface area contributed by atoms with Crippen molar-refractivity contribution in [3.63, 3.8) is 0 Å². The Hall–Kier alpha value is -1.26. The van der Waals surface area contributed by atoms with Crippen molar-refractivity contribution in [2.45, 2.75) is 71.3 Å². The molecule has 4 bridgehead atoms. The Balaban J connectivity index is 1.46. The topological polar surface area (TPSA) is 72.6 Å². The number of nitrogens with two attached hydrogens (primary N) is 1. The number of nitrogens with zero attached hydrogens (tertiary/aromatic N) is 1. The van der Waals surface area contributed by atoms with Crippen molar-refractivity contribution < 1.29 is 14.3 Å². The van der Waals surface area contributed by atoms with Gasteiger partial charge in [-0.1, -0.05) is 13.8 Å². The lowest BCUT2D eigenvalue weighted by molar-refractivity contribution is -0.192. The highest BCUT2D eigenvalue weighted by Gasteiger charge is 2.63. The van der Waals surface area contributed by atoms with Crippen molar-refractivity contribution in [1.82, 2.24) is 4.90 Å². The fourth-order valence-electron chi connectivity index (χ4n) is 7.30. The van der Waals surface area contributed by atoms with Gasteiger partial charge in [-0.25, -0.2) is 4.79 Å². The largest absolute Gasteiger partial charge is 0.463 e. The van der Waals surface area contributed by atoms with Crippen LogP contribution in [-0.2, 0) is 9.53 Å². The molecule has 0 aromatic rings. The number of hydrogen-bond donors (Lipinski definition) is 1. The average molecular weight is 334 g/mol. The summed E-state index contributed by atoms with van der Waals surface area (Å²) in [4.78, 5) is 26.2. The van der Waals surface area contributed by atoms with Gasteiger partial charge in [0, 0.05) is 6.54 Å². The van der Waals surface area contributed by atoms with Gasteiger partial charge in [0.25, 0.3) is 0 Å². The molecule has 1 saturated heterocycles. The Morgan fingerprint density at radius 1 is 1.12 bits per heavy atom. The molecule has 1 heterocycles. The van der Waals surface area contributed by atoms with Gasteiger partial charge in [0.05, 0.1) is 11.5 Å². The maximum Gasteiger partial charge on any atom is 0.315 e. The smallest absolute Gasteiger partial charge is 0.315 e. The van der Waals surface area contributed by atoms with Crippen molar-refractivity contribution in [2.75, 3.05) is 13.2 Å². The minimum atomic E-state index is -0.400. The molecular formula is C19H30N2O3. The number of amides is 2. The van der Waals surface area contributed by atoms with Crippen molar-refractivity contribution in [3.8, 4) is 0 Å². The number of primary amides is 1. The van der Waals surface area contributed by atoms with Crippen molar-refractivity contribution in [2.24, 2.45) is 27.9 Å². The van der Waals surface area contributed by atoms with Crippen molar-refractivity contribution in [1.29, 1.82) is 0 Å². The first kappa shape index (κ1) is 16.2. The molecule has 4 aliphatic carbocycles. The summed E-state index contributed by atoms with van der Waals surface area (Å²) in [6.45, 7) is 5.72. The molecule has 0 aromatic carbocycles. The summed E-state index contributed by atoms with van der Waals surface area (Å²) >= 11 is 0. The molecule has 4 saturated carbocycles. The molecule has 5 heteroatoms. The zero-order valence-electron chi connectivity index (χ0n) is 15.0. The highest BCUT2D eigenvalue weighted by Crippen LogP contribution is 2.69. The molecule has 2 N–H and O–H groups in total. The number of urea groups is 1. The number of ether oxygens (including phenoxy) is 1. The van der Waals surface area contributed by atoms with Crippen LogP contribution < -0.4 is 5.73 Å². The summed E-state index contributed by atoms with van der Waals surface area (Å²) in [5.74, 6) is 0.665. The zero-order chi connectivity index (χ0) is 17.2. The SMILES string of the molecule is C[C@]12CC3CC(C(=O)OC[C@@H]4CCCN4C(N)=O)(C1)C[C@@](C)(C3)C2. The molecule has 2 amide bonds. The predicted octanol–water partition coefficient (Wildman–Crippen LogP) is 3.07. The standard InChI is InChI=1S/C19H30N2O3/c1-17-6-13-7-18(2,10-17)12-19(8-13,11-17)15(22)24-9-14-4-3-5-21(14)16(20)23/h13-14H,3-12H2,1-2H3,(H2,20,23)/t13?,14-,17-,18+,19?/m0/s1. The summed E-state index contributed by atoms with van der Waals surface area (Å²) in [6.07, 6.45) is 8.58. The first-order chi connectivity index (χ1) is 11.2. The maximum atomic E-state index is 13.1. The molecule has 2 unspecified atom stereocenters. The third-order valence-corrected chi connectivity index (χ3v) is 7.13. The third kappa shape index (κ3) is 2.51. The van der Waals surface area contributed by atoms with E-state index < -0.39 is 6.03 Å². The van der Waals surface area contributed by atoms with E-state index in [1.54, 1.807) is 4.90 Å². The summed E-state index contributed by atoms with van der Waals surface area (Å²) in [5.41, 5.74) is 5.75. The minimum absolute atomic E-state index is 0.0135. The summed E-state index contributed by atoms with van der Waals surface area (Å²) in [5, 5.41) is 0. The van der Waals surface area contributed by atoms with E-state index in [2.05, 4.69) is 13.8 Å². The van der Waals surface area contributed by atoms with Crippen LogP contribution in [0.5, 0.6) is 0 Å². The molecule has 0 aromatic heterocycles. The van der Waals surface area contributed by atoms with Crippen LogP contribution in [0.4, 0.5) is 4.79 Å². The normalized spacial score (nSPS) is 46.3. The molecule has 24 heavy (non-hydrogen) atoms. The Bertz CT molecular complexity index is 557. The van der Waals surface area contributed by atoms with Crippen LogP contribution in [0.3, 0.4) is 0 Å². The maximum absolute atomic E-state index is 13.1. The molecular weight excluding hydrogens is 304 g/mol. The monoisotopic (exact) mass is 334 g/mol. The summed E-state index contributed by atoms with van der Waals surface area (Å²) in [6, 6.07) is -0.435. The summed E-state index contributed by atoms with van der Waals surface area (Å²) < 4.78 is 5.79. The molecule has 0 spiro atoms. The molecule has 5 fully saturated rings. The van der Waals surface area contributed by atoms with E-state index in [0.29, 0.717) is 29.9 Å². The van der Waals surface area contributed by atoms with Crippen molar-refractivity contribution >= 4 is 12.0 Å². The van der Waals surface area contributed by atoms with Gasteiger partial charge in [0.15, 0.2) is 0 Å². The number of esters is 1. The fraction of sp³-hybridized carbons (Fsp3) is 0.895. The second kappa shape index (κ2) is 5.12. The molecule has 5 rings (SSSR count). The third-order valence-electron chi connectivity index (χ3n) is 7.13. The Labute approximate surface area is 144 Å². The van der Waals surface area contributed by atoms with E-state index in [4.69, 9.17) is 10.5 Å². The average Bonchev–Trinajstić information content (AvgIpc) is 2.89. The number of likely N-dealkylation sites (tertiary alicyclic amines) is 1. The van der Waals surface area contributed by atoms with Crippen LogP contribution in [0.2, 0.25) is 0 Å². The van der Waals surface area contributed by atoms with E-state index in [-0.39, 0.29) is 17.4 Å². The molecule has 5 atom stereocenters. The van der Waals surface area contributed by atoms with Gasteiger partial charge in [0.1, 0.15) is 6.61 Å². The fourth-order valence-corrected chi connectivity index (χ4v) is 7.30. The predicted molar refractivity (Wildman–Crippen MR) is 90.1 cm³/mol. The quantitative estimate of drug-likeness (QED) is 0.806. The van der Waals surface area contributed by atoms with Gasteiger partial charge in [-0.3, -0.25) is 4.79 Å². The second-order valence-corrected chi connectivity index (χ2v) is 9.84. The minimum Gasteiger partial charge on any atom is -0.463 e. The van der Waals surface area contributed by atoms with Gasteiger partial charge in [-0.15, -0.1) is 0 Å². The molecule has 5 aliphatic rings. The Morgan fingerprint density at radius 2 is 1.79 bits per heavy atom. The van der Waals surface area contributed by atoms with E-state index in [9.17, 15) is 9.59 Å². The summed E-state index contributed by atoms with van der Waals surface area (Å²) in [7, 11) is 0. The van der Waals surface area contributed by atoms with Gasteiger partial charge in [-0.2, -0.15) is 0 Å². The number of hydrogen-bond acceptors (Lipinski definition) is 3. The highest BCUT2D eigenvalue weighted by atomic mass is 16.5. The number of carbonyl (C=O) groups excluding carboxylic acids is 2. The first-order valence-corrected chi connectivity index (χ1v) is 9.46. The van der Waals surface area contributed by atoms with Crippen LogP contribution in [-0.4, -0.2) is 36.1 Å².